The Morgan fingerprint density at radius 2 is 1.75 bits per heavy atom. The molecule has 4 unspecified atom stereocenters. The number of benzene rings is 1. The number of hydrogen-bond donors (Lipinski definition) is 1. The maximum atomic E-state index is 10.2. The lowest BCUT2D eigenvalue weighted by Gasteiger charge is -2.49. The molecule has 2 heterocycles. The third-order valence-corrected chi connectivity index (χ3v) is 6.21. The lowest BCUT2D eigenvalue weighted by atomic mass is 9.53. The molecule has 0 radical (unpaired) electrons. The minimum absolute atomic E-state index is 0.305. The second kappa shape index (κ2) is 7.27. The van der Waals surface area contributed by atoms with Crippen molar-refractivity contribution in [2.75, 3.05) is 0 Å². The van der Waals surface area contributed by atoms with Gasteiger partial charge >= 0.3 is 0 Å². The first-order chi connectivity index (χ1) is 13.5. The van der Waals surface area contributed by atoms with Crippen molar-refractivity contribution in [2.45, 2.75) is 57.8 Å². The molecule has 1 aromatic carbocycles. The van der Waals surface area contributed by atoms with Gasteiger partial charge in [0.25, 0.3) is 0 Å². The molecule has 0 aromatic heterocycles. The molecule has 1 aromatic rings. The minimum Gasteiger partial charge on any atom is -0.447 e. The van der Waals surface area contributed by atoms with Crippen molar-refractivity contribution in [3.8, 4) is 18.2 Å². The number of hydrogen-bond acceptors (Lipinski definition) is 6. The van der Waals surface area contributed by atoms with Gasteiger partial charge in [0.15, 0.2) is 10.8 Å². The van der Waals surface area contributed by atoms with Crippen LogP contribution in [0.3, 0.4) is 0 Å². The van der Waals surface area contributed by atoms with Gasteiger partial charge in [-0.1, -0.05) is 44.2 Å². The summed E-state index contributed by atoms with van der Waals surface area (Å²) in [5, 5.41) is 38.9. The second-order valence-electron chi connectivity index (χ2n) is 7.54. The second-order valence-corrected chi connectivity index (χ2v) is 7.54. The number of fused-ring (bicyclic) bond motifs is 2. The fourth-order valence-electron chi connectivity index (χ4n) is 4.99. The summed E-state index contributed by atoms with van der Waals surface area (Å²) in [6.07, 6.45) is 1.90. The highest BCUT2D eigenvalue weighted by molar-refractivity contribution is 5.89. The molecular formula is C22H24N4O2. The number of nitriles is 3. The predicted octanol–water partition coefficient (Wildman–Crippen LogP) is 4.09. The summed E-state index contributed by atoms with van der Waals surface area (Å²) in [5.41, 5.74) is -2.35. The average Bonchev–Trinajstić information content (AvgIpc) is 2.91. The van der Waals surface area contributed by atoms with Crippen molar-refractivity contribution in [1.82, 2.24) is 0 Å². The van der Waals surface area contributed by atoms with E-state index in [1.54, 1.807) is 0 Å². The molecule has 2 aliphatic heterocycles. The Labute approximate surface area is 165 Å². The summed E-state index contributed by atoms with van der Waals surface area (Å²) < 4.78 is 12.3. The molecule has 144 valence electrons. The Morgan fingerprint density at radius 1 is 1.07 bits per heavy atom. The van der Waals surface area contributed by atoms with Gasteiger partial charge in [0.05, 0.1) is 30.2 Å². The average molecular weight is 376 g/mol. The van der Waals surface area contributed by atoms with E-state index in [0.29, 0.717) is 25.7 Å². The van der Waals surface area contributed by atoms with Crippen LogP contribution < -0.4 is 0 Å². The normalized spacial score (nSPS) is 32.6. The highest BCUT2D eigenvalue weighted by atomic mass is 16.7. The first kappa shape index (κ1) is 19.9. The molecule has 2 bridgehead atoms. The van der Waals surface area contributed by atoms with Crippen LogP contribution in [0.15, 0.2) is 30.3 Å². The first-order valence-corrected chi connectivity index (χ1v) is 9.73. The van der Waals surface area contributed by atoms with Gasteiger partial charge < -0.3 is 9.47 Å². The monoisotopic (exact) mass is 376 g/mol. The van der Waals surface area contributed by atoms with E-state index in [1.807, 2.05) is 44.2 Å². The van der Waals surface area contributed by atoms with Gasteiger partial charge in [-0.25, -0.2) is 0 Å². The van der Waals surface area contributed by atoms with Gasteiger partial charge in [-0.05, 0) is 31.2 Å². The van der Waals surface area contributed by atoms with Crippen LogP contribution in [0.1, 0.15) is 45.1 Å². The molecule has 0 spiro atoms. The fraction of sp³-hybridized carbons (Fsp3) is 0.545. The van der Waals surface area contributed by atoms with Gasteiger partial charge in [-0.3, -0.25) is 5.41 Å². The van der Waals surface area contributed by atoms with Gasteiger partial charge in [0, 0.05) is 6.42 Å². The topological polar surface area (TPSA) is 114 Å². The van der Waals surface area contributed by atoms with E-state index in [2.05, 4.69) is 18.2 Å². The summed E-state index contributed by atoms with van der Waals surface area (Å²) in [6.45, 7) is 3.87. The maximum absolute atomic E-state index is 10.2. The Kier molecular flexibility index (Phi) is 5.16. The molecule has 0 aliphatic carbocycles. The lowest BCUT2D eigenvalue weighted by Crippen LogP contribution is -2.62. The van der Waals surface area contributed by atoms with Crippen molar-refractivity contribution >= 4 is 5.90 Å². The van der Waals surface area contributed by atoms with Crippen molar-refractivity contribution in [2.24, 2.45) is 16.7 Å². The zero-order chi connectivity index (χ0) is 20.4. The van der Waals surface area contributed by atoms with Gasteiger partial charge in [-0.2, -0.15) is 15.8 Å². The lowest BCUT2D eigenvalue weighted by molar-refractivity contribution is -0.284. The van der Waals surface area contributed by atoms with E-state index < -0.39 is 28.6 Å². The molecule has 6 heteroatoms. The molecule has 1 N–H and O–H groups in total. The third kappa shape index (κ3) is 2.44. The number of aryl methyl sites for hydroxylation is 1. The molecule has 2 fully saturated rings. The van der Waals surface area contributed by atoms with Crippen LogP contribution >= 0.6 is 0 Å². The van der Waals surface area contributed by atoms with Crippen molar-refractivity contribution in [1.29, 1.82) is 21.2 Å². The molecule has 28 heavy (non-hydrogen) atoms. The van der Waals surface area contributed by atoms with E-state index >= 15 is 0 Å². The van der Waals surface area contributed by atoms with E-state index in [4.69, 9.17) is 14.9 Å². The third-order valence-electron chi connectivity index (χ3n) is 6.21. The number of nitrogens with one attached hydrogen (secondary N) is 1. The van der Waals surface area contributed by atoms with E-state index in [9.17, 15) is 15.8 Å². The van der Waals surface area contributed by atoms with Crippen molar-refractivity contribution < 1.29 is 9.47 Å². The molecule has 0 saturated carbocycles. The summed E-state index contributed by atoms with van der Waals surface area (Å²) >= 11 is 0. The van der Waals surface area contributed by atoms with E-state index in [0.717, 1.165) is 12.0 Å². The summed E-state index contributed by atoms with van der Waals surface area (Å²) in [4.78, 5) is 0. The van der Waals surface area contributed by atoms with E-state index in [-0.39, 0.29) is 5.90 Å². The predicted molar refractivity (Wildman–Crippen MR) is 102 cm³/mol. The minimum atomic E-state index is -1.79. The Bertz CT molecular complexity index is 865. The summed E-state index contributed by atoms with van der Waals surface area (Å²) in [5.74, 6) is -1.97. The van der Waals surface area contributed by atoms with E-state index in [1.165, 1.54) is 0 Å². The highest BCUT2D eigenvalue weighted by Gasteiger charge is 2.79. The molecule has 2 saturated heterocycles. The maximum Gasteiger partial charge on any atom is 0.217 e. The van der Waals surface area contributed by atoms with Crippen molar-refractivity contribution in [3.63, 3.8) is 0 Å². The molecule has 4 atom stereocenters. The first-order valence-electron chi connectivity index (χ1n) is 9.73. The highest BCUT2D eigenvalue weighted by Crippen LogP contribution is 2.65. The van der Waals surface area contributed by atoms with Crippen molar-refractivity contribution in [3.05, 3.63) is 35.9 Å². The van der Waals surface area contributed by atoms with Gasteiger partial charge in [-0.15, -0.1) is 0 Å². The zero-order valence-corrected chi connectivity index (χ0v) is 16.2. The van der Waals surface area contributed by atoms with Crippen LogP contribution in [0.4, 0.5) is 0 Å². The number of ether oxygens (including phenoxy) is 2. The molecular weight excluding hydrogens is 352 g/mol. The SMILES string of the molecule is CCCC12OC(=N)C(C#N)(C1CC)C(C#N)(C#N)C(CCc1ccccc1)O2. The Balaban J connectivity index is 2.10. The summed E-state index contributed by atoms with van der Waals surface area (Å²) in [7, 11) is 0. The standard InChI is InChI=1S/C22H24N4O2/c1-3-12-22-17(4-2)21(15-25,19(26)28-22)20(13-23,14-24)18(27-22)11-10-16-8-6-5-7-9-16/h5-9,17-18,26H,3-4,10-12H2,1-2H3. The van der Waals surface area contributed by atoms with Crippen LogP contribution in [0.2, 0.25) is 0 Å². The fourth-order valence-corrected chi connectivity index (χ4v) is 4.99. The molecule has 3 rings (SSSR count). The molecule has 2 aliphatic rings. The van der Waals surface area contributed by atoms with Gasteiger partial charge in [0.1, 0.15) is 0 Å². The quantitative estimate of drug-likeness (QED) is 0.803. The number of nitrogens with zero attached hydrogens (tertiary/aromatic N) is 3. The molecule has 6 nitrogen and oxygen atoms in total. The van der Waals surface area contributed by atoms with Gasteiger partial charge in [0.2, 0.25) is 11.7 Å². The largest absolute Gasteiger partial charge is 0.447 e. The van der Waals surface area contributed by atoms with Crippen LogP contribution in [0.25, 0.3) is 0 Å². The number of rotatable bonds is 6. The van der Waals surface area contributed by atoms with Crippen LogP contribution in [0, 0.1) is 56.2 Å². The van der Waals surface area contributed by atoms with Crippen LogP contribution in [0.5, 0.6) is 0 Å². The zero-order valence-electron chi connectivity index (χ0n) is 16.2. The van der Waals surface area contributed by atoms with Crippen LogP contribution in [-0.2, 0) is 15.9 Å². The Morgan fingerprint density at radius 3 is 2.29 bits per heavy atom. The van der Waals surface area contributed by atoms with Crippen LogP contribution in [-0.4, -0.2) is 17.8 Å². The Hall–Kier alpha value is -2.88. The smallest absolute Gasteiger partial charge is 0.217 e. The summed E-state index contributed by atoms with van der Waals surface area (Å²) in [6, 6.07) is 16.1. The molecule has 0 amide bonds.